The van der Waals surface area contributed by atoms with Crippen molar-refractivity contribution in [2.24, 2.45) is 0 Å². The van der Waals surface area contributed by atoms with Gasteiger partial charge >= 0.3 is 0 Å². The second kappa shape index (κ2) is 11.1. The summed E-state index contributed by atoms with van der Waals surface area (Å²) in [6.07, 6.45) is 0. The van der Waals surface area contributed by atoms with Crippen molar-refractivity contribution < 1.29 is 19.1 Å². The van der Waals surface area contributed by atoms with E-state index in [4.69, 9.17) is 9.47 Å². The smallest absolute Gasteiger partial charge is 0.256 e. The highest BCUT2D eigenvalue weighted by Gasteiger charge is 2.25. The third-order valence-electron chi connectivity index (χ3n) is 5.28. The second-order valence-corrected chi connectivity index (χ2v) is 8.65. The molecule has 4 rings (SSSR count). The highest BCUT2D eigenvalue weighted by Crippen LogP contribution is 2.35. The van der Waals surface area contributed by atoms with Gasteiger partial charge in [-0.05, 0) is 37.6 Å². The summed E-state index contributed by atoms with van der Waals surface area (Å²) in [7, 11) is 0. The van der Waals surface area contributed by atoms with E-state index < -0.39 is 0 Å². The molecule has 34 heavy (non-hydrogen) atoms. The van der Waals surface area contributed by atoms with Gasteiger partial charge in [0.25, 0.3) is 5.91 Å². The first-order valence-corrected chi connectivity index (χ1v) is 12.4. The summed E-state index contributed by atoms with van der Waals surface area (Å²) in [5.74, 6) is 2.71. The lowest BCUT2D eigenvalue weighted by Crippen LogP contribution is -2.28. The van der Waals surface area contributed by atoms with Gasteiger partial charge in [-0.1, -0.05) is 30.3 Å². The zero-order valence-corrected chi connectivity index (χ0v) is 20.1. The average Bonchev–Trinajstić information content (AvgIpc) is 3.42. The van der Waals surface area contributed by atoms with E-state index >= 15 is 0 Å². The molecule has 8 nitrogen and oxygen atoms in total. The Morgan fingerprint density at radius 2 is 1.79 bits per heavy atom. The molecule has 0 saturated carbocycles. The number of ether oxygens (including phenoxy) is 2. The molecule has 1 aliphatic rings. The van der Waals surface area contributed by atoms with Gasteiger partial charge in [-0.15, -0.1) is 0 Å². The van der Waals surface area contributed by atoms with Crippen LogP contribution in [0.5, 0.6) is 11.5 Å². The van der Waals surface area contributed by atoms with E-state index in [9.17, 15) is 9.59 Å². The molecular weight excluding hydrogens is 452 g/mol. The third kappa shape index (κ3) is 5.53. The number of hydrogen-bond donors (Lipinski definition) is 2. The van der Waals surface area contributed by atoms with Crippen LogP contribution in [0, 0.1) is 0 Å². The average molecular weight is 481 g/mol. The van der Waals surface area contributed by atoms with Gasteiger partial charge in [0.15, 0.2) is 11.5 Å². The Morgan fingerprint density at radius 3 is 2.56 bits per heavy atom. The van der Waals surface area contributed by atoms with E-state index in [-0.39, 0.29) is 18.4 Å². The lowest BCUT2D eigenvalue weighted by atomic mass is 10.2. The maximum absolute atomic E-state index is 13.1. The molecule has 9 heteroatoms. The van der Waals surface area contributed by atoms with Crippen molar-refractivity contribution in [3.05, 3.63) is 70.9 Å². The Morgan fingerprint density at radius 1 is 1.03 bits per heavy atom. The summed E-state index contributed by atoms with van der Waals surface area (Å²) in [5.41, 5.74) is 3.32. The predicted molar refractivity (Wildman–Crippen MR) is 132 cm³/mol. The highest BCUT2D eigenvalue weighted by molar-refractivity contribution is 7.98. The molecule has 1 aliphatic heterocycles. The number of benzene rings is 2. The summed E-state index contributed by atoms with van der Waals surface area (Å²) >= 11 is 1.73. The van der Waals surface area contributed by atoms with E-state index in [1.54, 1.807) is 34.6 Å². The van der Waals surface area contributed by atoms with Crippen LogP contribution in [0.3, 0.4) is 0 Å². The minimum absolute atomic E-state index is 0.0214. The highest BCUT2D eigenvalue weighted by atomic mass is 32.2. The lowest BCUT2D eigenvalue weighted by molar-refractivity contribution is -0.122. The number of nitrogens with zero attached hydrogens (tertiary/aromatic N) is 2. The number of carbonyl (C=O) groups is 2. The Labute approximate surface area is 203 Å². The van der Waals surface area contributed by atoms with E-state index in [0.29, 0.717) is 42.6 Å². The quantitative estimate of drug-likeness (QED) is 0.456. The van der Waals surface area contributed by atoms with Gasteiger partial charge in [0.2, 0.25) is 5.91 Å². The van der Waals surface area contributed by atoms with Crippen molar-refractivity contribution in [3.8, 4) is 11.5 Å². The first-order chi connectivity index (χ1) is 16.6. The number of hydrogen-bond acceptors (Lipinski definition) is 6. The number of carbonyl (C=O) groups excluding carboxylic acids is 2. The van der Waals surface area contributed by atoms with E-state index in [2.05, 4.69) is 15.7 Å². The van der Waals surface area contributed by atoms with Crippen LogP contribution in [0.25, 0.3) is 0 Å². The van der Waals surface area contributed by atoms with Gasteiger partial charge < -0.3 is 20.1 Å². The van der Waals surface area contributed by atoms with E-state index in [1.807, 2.05) is 44.2 Å². The van der Waals surface area contributed by atoms with Gasteiger partial charge in [-0.3, -0.25) is 9.59 Å². The maximum Gasteiger partial charge on any atom is 0.256 e. The molecule has 0 bridgehead atoms. The molecule has 2 heterocycles. The number of nitrogens with one attached hydrogen (secondary N) is 2. The van der Waals surface area contributed by atoms with E-state index in [0.717, 1.165) is 28.3 Å². The molecule has 178 valence electrons. The molecule has 0 aliphatic carbocycles. The largest absolute Gasteiger partial charge is 0.490 e. The fourth-order valence-electron chi connectivity index (χ4n) is 3.68. The van der Waals surface area contributed by atoms with Gasteiger partial charge in [0.05, 0.1) is 18.9 Å². The molecule has 1 aromatic heterocycles. The molecule has 0 unspecified atom stereocenters. The topological polar surface area (TPSA) is 94.5 Å². The molecule has 0 fully saturated rings. The predicted octanol–water partition coefficient (Wildman–Crippen LogP) is 4.00. The molecule has 0 radical (unpaired) electrons. The first-order valence-electron chi connectivity index (χ1n) is 11.3. The van der Waals surface area contributed by atoms with Crippen LogP contribution in [-0.4, -0.2) is 34.8 Å². The van der Waals surface area contributed by atoms with Crippen LogP contribution in [0.15, 0.2) is 48.5 Å². The molecule has 2 aromatic carbocycles. The van der Waals surface area contributed by atoms with Crippen LogP contribution in [0.2, 0.25) is 0 Å². The number of anilines is 1. The van der Waals surface area contributed by atoms with Crippen LogP contribution in [0.1, 0.15) is 41.0 Å². The second-order valence-electron chi connectivity index (χ2n) is 7.67. The summed E-state index contributed by atoms with van der Waals surface area (Å²) in [6.45, 7) is 5.19. The van der Waals surface area contributed by atoms with Gasteiger partial charge in [0.1, 0.15) is 12.4 Å². The zero-order chi connectivity index (χ0) is 23.9. The minimum atomic E-state index is -0.297. The monoisotopic (exact) mass is 480 g/mol. The standard InChI is InChI=1S/C25H28N4O4S/c1-3-32-21-11-10-18(12-22(21)33-4-2)25(31)27-24-19-15-34-16-20(19)28-29(24)14-23(30)26-13-17-8-6-5-7-9-17/h5-12H,3-4,13-16H2,1-2H3,(H,26,30)(H,27,31). The Balaban J connectivity index is 1.50. The van der Waals surface area contributed by atoms with Crippen LogP contribution < -0.4 is 20.1 Å². The fraction of sp³-hybridized carbons (Fsp3) is 0.320. The Hall–Kier alpha value is -3.46. The fourth-order valence-corrected chi connectivity index (χ4v) is 4.72. The lowest BCUT2D eigenvalue weighted by Gasteiger charge is -2.14. The molecule has 0 saturated heterocycles. The maximum atomic E-state index is 13.1. The normalized spacial score (nSPS) is 12.2. The Kier molecular flexibility index (Phi) is 7.74. The van der Waals surface area contributed by atoms with E-state index in [1.165, 1.54) is 0 Å². The number of fused-ring (bicyclic) bond motifs is 1. The van der Waals surface area contributed by atoms with Crippen molar-refractivity contribution in [1.29, 1.82) is 0 Å². The number of amides is 2. The molecule has 3 aromatic rings. The molecule has 0 spiro atoms. The van der Waals surface area contributed by atoms with Crippen molar-refractivity contribution in [2.45, 2.75) is 38.4 Å². The molecule has 2 N–H and O–H groups in total. The van der Waals surface area contributed by atoms with Crippen LogP contribution >= 0.6 is 11.8 Å². The SMILES string of the molecule is CCOc1ccc(C(=O)Nc2c3c(nn2CC(=O)NCc2ccccc2)CSC3)cc1OCC. The van der Waals surface area contributed by atoms with Crippen LogP contribution in [-0.2, 0) is 29.4 Å². The molecular formula is C25H28N4O4S. The molecule has 0 atom stereocenters. The van der Waals surface area contributed by atoms with Gasteiger partial charge in [-0.2, -0.15) is 16.9 Å². The van der Waals surface area contributed by atoms with Crippen LogP contribution in [0.4, 0.5) is 5.82 Å². The van der Waals surface area contributed by atoms with Crippen molar-refractivity contribution >= 4 is 29.4 Å². The third-order valence-corrected chi connectivity index (χ3v) is 6.25. The Bertz CT molecular complexity index is 1160. The minimum Gasteiger partial charge on any atom is -0.490 e. The van der Waals surface area contributed by atoms with Gasteiger partial charge in [0, 0.05) is 29.2 Å². The molecule has 2 amide bonds. The van der Waals surface area contributed by atoms with Crippen molar-refractivity contribution in [1.82, 2.24) is 15.1 Å². The summed E-state index contributed by atoms with van der Waals surface area (Å²) in [5, 5.41) is 10.5. The summed E-state index contributed by atoms with van der Waals surface area (Å²) < 4.78 is 12.8. The van der Waals surface area contributed by atoms with Crippen molar-refractivity contribution in [2.75, 3.05) is 18.5 Å². The first kappa shape index (κ1) is 23.7. The number of rotatable bonds is 10. The summed E-state index contributed by atoms with van der Waals surface area (Å²) in [6, 6.07) is 14.8. The van der Waals surface area contributed by atoms with Gasteiger partial charge in [-0.25, -0.2) is 4.68 Å². The number of aromatic nitrogens is 2. The van der Waals surface area contributed by atoms with Crippen molar-refractivity contribution in [3.63, 3.8) is 0 Å². The summed E-state index contributed by atoms with van der Waals surface area (Å²) in [4.78, 5) is 25.7. The zero-order valence-electron chi connectivity index (χ0n) is 19.3. The number of thioether (sulfide) groups is 1.